The Morgan fingerprint density at radius 1 is 0.921 bits per heavy atom. The van der Waals surface area contributed by atoms with Crippen molar-refractivity contribution in [2.24, 2.45) is 7.05 Å². The van der Waals surface area contributed by atoms with Crippen LogP contribution in [-0.4, -0.2) is 35.0 Å². The summed E-state index contributed by atoms with van der Waals surface area (Å²) in [4.78, 5) is 15.7. The molecule has 0 bridgehead atoms. The summed E-state index contributed by atoms with van der Waals surface area (Å²) in [5.74, 6) is -0.133. The Kier molecular flexibility index (Phi) is 6.94. The van der Waals surface area contributed by atoms with E-state index in [1.54, 1.807) is 17.0 Å². The van der Waals surface area contributed by atoms with E-state index in [0.717, 1.165) is 33.6 Å². The third kappa shape index (κ3) is 5.01. The molecule has 0 aliphatic carbocycles. The number of fused-ring (bicyclic) bond motifs is 1. The van der Waals surface area contributed by atoms with Crippen LogP contribution in [0.5, 0.6) is 0 Å². The average Bonchev–Trinajstić information content (AvgIpc) is 3.21. The van der Waals surface area contributed by atoms with E-state index in [9.17, 15) is 13.2 Å². The van der Waals surface area contributed by atoms with E-state index >= 15 is 0 Å². The first-order valence-electron chi connectivity index (χ1n) is 12.7. The van der Waals surface area contributed by atoms with Crippen molar-refractivity contribution in [2.75, 3.05) is 11.4 Å². The molecular weight excluding hydrogens is 496 g/mol. The Balaban J connectivity index is 1.50. The van der Waals surface area contributed by atoms with Gasteiger partial charge in [-0.1, -0.05) is 42.0 Å². The number of para-hydroxylation sites is 1. The fraction of sp³-hybridized carbons (Fsp3) is 0.267. The van der Waals surface area contributed by atoms with Gasteiger partial charge in [0.25, 0.3) is 5.91 Å². The number of amides is 1. The smallest absolute Gasteiger partial charge is 0.258 e. The van der Waals surface area contributed by atoms with Crippen LogP contribution < -0.4 is 4.90 Å². The largest absolute Gasteiger partial charge is 0.302 e. The molecular formula is C30H32N4O3S. The number of aryl methyl sites for hydroxylation is 4. The molecule has 4 aromatic rings. The van der Waals surface area contributed by atoms with Crippen LogP contribution in [0, 0.1) is 20.8 Å². The Morgan fingerprint density at radius 2 is 1.58 bits per heavy atom. The molecule has 1 amide bonds. The maximum Gasteiger partial charge on any atom is 0.258 e. The van der Waals surface area contributed by atoms with E-state index in [-0.39, 0.29) is 19.0 Å². The maximum atomic E-state index is 13.7. The van der Waals surface area contributed by atoms with E-state index in [1.165, 1.54) is 4.31 Å². The van der Waals surface area contributed by atoms with E-state index in [0.29, 0.717) is 29.1 Å². The minimum absolute atomic E-state index is 0.133. The van der Waals surface area contributed by atoms with Gasteiger partial charge in [0.05, 0.1) is 17.1 Å². The van der Waals surface area contributed by atoms with Gasteiger partial charge in [0.15, 0.2) is 0 Å². The van der Waals surface area contributed by atoms with Gasteiger partial charge in [-0.05, 0) is 68.3 Å². The van der Waals surface area contributed by atoms with Crippen LogP contribution >= 0.6 is 0 Å². The molecule has 2 heterocycles. The molecule has 3 aromatic carbocycles. The van der Waals surface area contributed by atoms with Gasteiger partial charge in [0, 0.05) is 49.1 Å². The number of hydrogen-bond acceptors (Lipinski definition) is 4. The number of anilines is 1. The first-order valence-corrected chi connectivity index (χ1v) is 14.1. The zero-order valence-corrected chi connectivity index (χ0v) is 23.0. The second-order valence-corrected chi connectivity index (χ2v) is 11.9. The second-order valence-electron chi connectivity index (χ2n) is 10.0. The SMILES string of the molecule is Cc1ccc(C(=O)N(Cc2nn(C)c3c2CN(S(=O)(=O)c2cc(C)cc(C)c2)CC3)c2ccccc2)cc1. The quantitative estimate of drug-likeness (QED) is 0.355. The molecule has 1 aliphatic heterocycles. The molecule has 0 saturated heterocycles. The highest BCUT2D eigenvalue weighted by molar-refractivity contribution is 7.89. The second kappa shape index (κ2) is 10.2. The summed E-state index contributed by atoms with van der Waals surface area (Å²) in [6.07, 6.45) is 0.556. The molecule has 0 radical (unpaired) electrons. The molecule has 0 spiro atoms. The zero-order chi connectivity index (χ0) is 27.0. The third-order valence-corrected chi connectivity index (χ3v) is 8.87. The molecule has 196 valence electrons. The van der Waals surface area contributed by atoms with Crippen LogP contribution in [0.3, 0.4) is 0 Å². The first-order chi connectivity index (χ1) is 18.1. The normalized spacial score (nSPS) is 13.8. The van der Waals surface area contributed by atoms with Crippen molar-refractivity contribution in [1.82, 2.24) is 14.1 Å². The van der Waals surface area contributed by atoms with Gasteiger partial charge in [0.2, 0.25) is 10.0 Å². The number of benzene rings is 3. The summed E-state index contributed by atoms with van der Waals surface area (Å²) in [6.45, 7) is 6.63. The fourth-order valence-corrected chi connectivity index (χ4v) is 6.70. The molecule has 5 rings (SSSR count). The molecule has 8 heteroatoms. The van der Waals surface area contributed by atoms with Gasteiger partial charge in [-0.25, -0.2) is 8.42 Å². The molecule has 7 nitrogen and oxygen atoms in total. The standard InChI is InChI=1S/C30H32N4O3S/c1-21-10-12-24(13-11-21)30(35)34(25-8-6-5-7-9-25)20-28-27-19-33(15-14-29(27)32(4)31-28)38(36,37)26-17-22(2)16-23(3)18-26/h5-13,16-18H,14-15,19-20H2,1-4H3. The van der Waals surface area contributed by atoms with Crippen LogP contribution in [0.1, 0.15) is 44.0 Å². The molecule has 0 N–H and O–H groups in total. The zero-order valence-electron chi connectivity index (χ0n) is 22.2. The summed E-state index contributed by atoms with van der Waals surface area (Å²) in [6, 6.07) is 22.4. The Hall–Kier alpha value is -3.75. The minimum atomic E-state index is -3.69. The van der Waals surface area contributed by atoms with Crippen LogP contribution in [-0.2, 0) is 36.6 Å². The number of aromatic nitrogens is 2. The van der Waals surface area contributed by atoms with Crippen molar-refractivity contribution in [3.05, 3.63) is 112 Å². The van der Waals surface area contributed by atoms with Crippen LogP contribution in [0.2, 0.25) is 0 Å². The Bertz CT molecular complexity index is 1570. The minimum Gasteiger partial charge on any atom is -0.302 e. The lowest BCUT2D eigenvalue weighted by atomic mass is 10.1. The van der Waals surface area contributed by atoms with E-state index < -0.39 is 10.0 Å². The summed E-state index contributed by atoms with van der Waals surface area (Å²) < 4.78 is 30.6. The van der Waals surface area contributed by atoms with Crippen molar-refractivity contribution in [1.29, 1.82) is 0 Å². The molecule has 0 unspecified atom stereocenters. The van der Waals surface area contributed by atoms with Gasteiger partial charge < -0.3 is 4.90 Å². The lowest BCUT2D eigenvalue weighted by Gasteiger charge is -2.28. The molecule has 0 fully saturated rings. The van der Waals surface area contributed by atoms with E-state index in [1.807, 2.05) is 93.2 Å². The van der Waals surface area contributed by atoms with Crippen LogP contribution in [0.15, 0.2) is 77.7 Å². The predicted molar refractivity (Wildman–Crippen MR) is 149 cm³/mol. The highest BCUT2D eigenvalue weighted by atomic mass is 32.2. The topological polar surface area (TPSA) is 75.5 Å². The number of hydrogen-bond donors (Lipinski definition) is 0. The number of carbonyl (C=O) groups excluding carboxylic acids is 1. The van der Waals surface area contributed by atoms with Gasteiger partial charge >= 0.3 is 0 Å². The average molecular weight is 529 g/mol. The van der Waals surface area contributed by atoms with Gasteiger partial charge in [0.1, 0.15) is 0 Å². The van der Waals surface area contributed by atoms with Crippen molar-refractivity contribution in [3.8, 4) is 0 Å². The summed E-state index contributed by atoms with van der Waals surface area (Å²) in [5, 5.41) is 4.77. The summed E-state index contributed by atoms with van der Waals surface area (Å²) >= 11 is 0. The van der Waals surface area contributed by atoms with Crippen LogP contribution in [0.4, 0.5) is 5.69 Å². The molecule has 1 aromatic heterocycles. The fourth-order valence-electron chi connectivity index (χ4n) is 5.10. The number of nitrogens with zero attached hydrogens (tertiary/aromatic N) is 4. The molecule has 0 atom stereocenters. The van der Waals surface area contributed by atoms with Gasteiger partial charge in [-0.3, -0.25) is 9.48 Å². The monoisotopic (exact) mass is 528 g/mol. The highest BCUT2D eigenvalue weighted by Crippen LogP contribution is 2.30. The molecule has 0 saturated carbocycles. The van der Waals surface area contributed by atoms with E-state index in [2.05, 4.69) is 0 Å². The van der Waals surface area contributed by atoms with Crippen molar-refractivity contribution >= 4 is 21.6 Å². The van der Waals surface area contributed by atoms with Gasteiger partial charge in [-0.2, -0.15) is 9.40 Å². The van der Waals surface area contributed by atoms with Crippen molar-refractivity contribution in [2.45, 2.75) is 45.2 Å². The van der Waals surface area contributed by atoms with Gasteiger partial charge in [-0.15, -0.1) is 0 Å². The van der Waals surface area contributed by atoms with Crippen molar-refractivity contribution < 1.29 is 13.2 Å². The number of sulfonamides is 1. The molecule has 38 heavy (non-hydrogen) atoms. The number of rotatable bonds is 6. The van der Waals surface area contributed by atoms with Crippen LogP contribution in [0.25, 0.3) is 0 Å². The predicted octanol–water partition coefficient (Wildman–Crippen LogP) is 4.94. The summed E-state index contributed by atoms with van der Waals surface area (Å²) in [5.41, 5.74) is 6.82. The Labute approximate surface area is 224 Å². The maximum absolute atomic E-state index is 13.7. The highest BCUT2D eigenvalue weighted by Gasteiger charge is 2.33. The van der Waals surface area contributed by atoms with E-state index in [4.69, 9.17) is 5.10 Å². The van der Waals surface area contributed by atoms with Crippen molar-refractivity contribution in [3.63, 3.8) is 0 Å². The Morgan fingerprint density at radius 3 is 2.24 bits per heavy atom. The number of carbonyl (C=O) groups is 1. The molecule has 1 aliphatic rings. The lowest BCUT2D eigenvalue weighted by molar-refractivity contribution is 0.0984. The summed E-state index contributed by atoms with van der Waals surface area (Å²) in [7, 11) is -1.81. The third-order valence-electron chi connectivity index (χ3n) is 7.04. The lowest BCUT2D eigenvalue weighted by Crippen LogP contribution is -2.37. The first kappa shape index (κ1) is 25.9.